The summed E-state index contributed by atoms with van der Waals surface area (Å²) in [5, 5.41) is 0.747. The molecule has 0 bridgehead atoms. The molecular weight excluding hydrogens is 184 g/mol. The molecule has 1 rings (SSSR count). The number of halogens is 1. The lowest BCUT2D eigenvalue weighted by Crippen LogP contribution is -2.35. The predicted molar refractivity (Wildman–Crippen MR) is 57.8 cm³/mol. The van der Waals surface area contributed by atoms with Gasteiger partial charge in [-0.3, -0.25) is 4.90 Å². The molecule has 0 aliphatic carbocycles. The molecule has 13 heavy (non-hydrogen) atoms. The third kappa shape index (κ3) is 4.12. The highest BCUT2D eigenvalue weighted by Gasteiger charge is 2.18. The van der Waals surface area contributed by atoms with Gasteiger partial charge in [-0.05, 0) is 44.8 Å². The van der Waals surface area contributed by atoms with Crippen LogP contribution in [0.4, 0.5) is 0 Å². The molecule has 2 N–H and O–H groups in total. The number of nitrogens with zero attached hydrogens (tertiary/aromatic N) is 1. The maximum absolute atomic E-state index is 5.75. The summed E-state index contributed by atoms with van der Waals surface area (Å²) in [5.74, 6) is 0.838. The third-order valence-corrected chi connectivity index (χ3v) is 2.80. The van der Waals surface area contributed by atoms with Crippen LogP contribution in [-0.4, -0.2) is 31.1 Å². The van der Waals surface area contributed by atoms with E-state index in [-0.39, 0.29) is 0 Å². The first-order valence-electron chi connectivity index (χ1n) is 4.98. The zero-order valence-electron chi connectivity index (χ0n) is 8.14. The van der Waals surface area contributed by atoms with Crippen molar-refractivity contribution < 1.29 is 0 Å². The molecule has 76 valence electrons. The van der Waals surface area contributed by atoms with Crippen molar-refractivity contribution in [3.8, 4) is 0 Å². The minimum Gasteiger partial charge on any atom is -0.330 e. The molecule has 0 aromatic heterocycles. The van der Waals surface area contributed by atoms with E-state index in [2.05, 4.69) is 11.5 Å². The summed E-state index contributed by atoms with van der Waals surface area (Å²) in [7, 11) is 0. The fraction of sp³-hybridized carbons (Fsp3) is 0.800. The van der Waals surface area contributed by atoms with E-state index >= 15 is 0 Å². The van der Waals surface area contributed by atoms with E-state index in [1.807, 2.05) is 0 Å². The quantitative estimate of drug-likeness (QED) is 0.754. The molecule has 0 radical (unpaired) electrons. The summed E-state index contributed by atoms with van der Waals surface area (Å²) in [6, 6.07) is 0. The molecule has 0 aromatic carbocycles. The van der Waals surface area contributed by atoms with Crippen LogP contribution < -0.4 is 5.73 Å². The fourth-order valence-corrected chi connectivity index (χ4v) is 2.08. The van der Waals surface area contributed by atoms with E-state index in [1.54, 1.807) is 0 Å². The largest absolute Gasteiger partial charge is 0.330 e. The Hall–Kier alpha value is -0.0500. The van der Waals surface area contributed by atoms with Crippen LogP contribution in [-0.2, 0) is 0 Å². The van der Waals surface area contributed by atoms with E-state index < -0.39 is 0 Å². The van der Waals surface area contributed by atoms with Gasteiger partial charge in [0.15, 0.2) is 0 Å². The molecule has 0 aromatic rings. The van der Waals surface area contributed by atoms with Crippen LogP contribution in [0.5, 0.6) is 0 Å². The van der Waals surface area contributed by atoms with Crippen molar-refractivity contribution in [2.75, 3.05) is 26.2 Å². The molecule has 2 nitrogen and oxygen atoms in total. The first-order chi connectivity index (χ1) is 6.22. The summed E-state index contributed by atoms with van der Waals surface area (Å²) >= 11 is 5.75. The van der Waals surface area contributed by atoms with Crippen molar-refractivity contribution in [1.29, 1.82) is 0 Å². The maximum atomic E-state index is 5.75. The average molecular weight is 203 g/mol. The van der Waals surface area contributed by atoms with Gasteiger partial charge in [0, 0.05) is 11.6 Å². The number of rotatable bonds is 4. The summed E-state index contributed by atoms with van der Waals surface area (Å²) in [6.07, 6.45) is 3.71. The highest BCUT2D eigenvalue weighted by Crippen LogP contribution is 2.20. The van der Waals surface area contributed by atoms with Crippen LogP contribution in [0.3, 0.4) is 0 Å². The molecule has 1 saturated heterocycles. The number of hydrogen-bond acceptors (Lipinski definition) is 2. The van der Waals surface area contributed by atoms with Crippen molar-refractivity contribution in [3.63, 3.8) is 0 Å². The van der Waals surface area contributed by atoms with Crippen molar-refractivity contribution >= 4 is 11.6 Å². The van der Waals surface area contributed by atoms with Crippen molar-refractivity contribution in [2.45, 2.75) is 19.3 Å². The van der Waals surface area contributed by atoms with Crippen molar-refractivity contribution in [3.05, 3.63) is 11.6 Å². The molecule has 0 amide bonds. The normalized spacial score (nSPS) is 20.5. The standard InChI is InChI=1S/C10H19ClN2/c1-9(11)8-13-6-3-10(2-5-12)4-7-13/h10H,1-8,12H2. The summed E-state index contributed by atoms with van der Waals surface area (Å²) < 4.78 is 0. The van der Waals surface area contributed by atoms with E-state index in [4.69, 9.17) is 17.3 Å². The summed E-state index contributed by atoms with van der Waals surface area (Å²) in [6.45, 7) is 7.68. The van der Waals surface area contributed by atoms with Gasteiger partial charge in [-0.25, -0.2) is 0 Å². The van der Waals surface area contributed by atoms with Gasteiger partial charge >= 0.3 is 0 Å². The fourth-order valence-electron chi connectivity index (χ4n) is 1.91. The first kappa shape index (κ1) is 11.0. The molecule has 1 aliphatic rings. The van der Waals surface area contributed by atoms with Crippen LogP contribution in [0.1, 0.15) is 19.3 Å². The van der Waals surface area contributed by atoms with Gasteiger partial charge in [-0.1, -0.05) is 18.2 Å². The number of hydrogen-bond donors (Lipinski definition) is 1. The Labute approximate surface area is 85.7 Å². The van der Waals surface area contributed by atoms with Gasteiger partial charge in [-0.2, -0.15) is 0 Å². The highest BCUT2D eigenvalue weighted by atomic mass is 35.5. The minimum absolute atomic E-state index is 0.747. The van der Waals surface area contributed by atoms with Gasteiger partial charge in [0.2, 0.25) is 0 Å². The van der Waals surface area contributed by atoms with E-state index in [0.29, 0.717) is 0 Å². The third-order valence-electron chi connectivity index (χ3n) is 2.68. The molecule has 0 saturated carbocycles. The van der Waals surface area contributed by atoms with Crippen LogP contribution in [0, 0.1) is 5.92 Å². The molecular formula is C10H19ClN2. The molecule has 0 unspecified atom stereocenters. The zero-order valence-corrected chi connectivity index (χ0v) is 8.89. The van der Waals surface area contributed by atoms with Crippen molar-refractivity contribution in [2.24, 2.45) is 11.7 Å². The molecule has 1 fully saturated rings. The SMILES string of the molecule is C=C(Cl)CN1CCC(CCN)CC1. The number of piperidine rings is 1. The Morgan fingerprint density at radius 2 is 2.08 bits per heavy atom. The predicted octanol–water partition coefficient (Wildman–Crippen LogP) is 1.80. The second-order valence-electron chi connectivity index (χ2n) is 3.81. The highest BCUT2D eigenvalue weighted by molar-refractivity contribution is 6.29. The number of likely N-dealkylation sites (tertiary alicyclic amines) is 1. The monoisotopic (exact) mass is 202 g/mol. The van der Waals surface area contributed by atoms with Gasteiger partial charge in [0.1, 0.15) is 0 Å². The van der Waals surface area contributed by atoms with E-state index in [0.717, 1.165) is 37.1 Å². The van der Waals surface area contributed by atoms with E-state index in [1.165, 1.54) is 19.3 Å². The Kier molecular flexibility index (Phi) is 4.78. The maximum Gasteiger partial charge on any atom is 0.0335 e. The zero-order chi connectivity index (χ0) is 9.68. The molecule has 0 spiro atoms. The summed E-state index contributed by atoms with van der Waals surface area (Å²) in [4.78, 5) is 2.36. The van der Waals surface area contributed by atoms with Crippen LogP contribution in [0.15, 0.2) is 11.6 Å². The Bertz CT molecular complexity index is 162. The van der Waals surface area contributed by atoms with E-state index in [9.17, 15) is 0 Å². The molecule has 3 heteroatoms. The number of nitrogens with two attached hydrogens (primary N) is 1. The molecule has 1 heterocycles. The van der Waals surface area contributed by atoms with Gasteiger partial charge < -0.3 is 5.73 Å². The smallest absolute Gasteiger partial charge is 0.0335 e. The first-order valence-corrected chi connectivity index (χ1v) is 5.36. The lowest BCUT2D eigenvalue weighted by molar-refractivity contribution is 0.195. The van der Waals surface area contributed by atoms with Crippen LogP contribution in [0.25, 0.3) is 0 Å². The lowest BCUT2D eigenvalue weighted by atomic mass is 9.94. The average Bonchev–Trinajstić information content (AvgIpc) is 2.08. The second kappa shape index (κ2) is 5.63. The van der Waals surface area contributed by atoms with Crippen molar-refractivity contribution in [1.82, 2.24) is 4.90 Å². The van der Waals surface area contributed by atoms with Gasteiger partial charge in [0.05, 0.1) is 0 Å². The topological polar surface area (TPSA) is 29.3 Å². The van der Waals surface area contributed by atoms with Gasteiger partial charge in [0.25, 0.3) is 0 Å². The lowest BCUT2D eigenvalue weighted by Gasteiger charge is -2.31. The Balaban J connectivity index is 2.18. The van der Waals surface area contributed by atoms with Gasteiger partial charge in [-0.15, -0.1) is 0 Å². The van der Waals surface area contributed by atoms with Crippen LogP contribution >= 0.6 is 11.6 Å². The molecule has 1 aliphatic heterocycles. The van der Waals surface area contributed by atoms with Crippen LogP contribution in [0.2, 0.25) is 0 Å². The molecule has 0 atom stereocenters. The second-order valence-corrected chi connectivity index (χ2v) is 4.35. The Morgan fingerprint density at radius 3 is 2.54 bits per heavy atom. The summed E-state index contributed by atoms with van der Waals surface area (Å²) in [5.41, 5.74) is 5.53. The Morgan fingerprint density at radius 1 is 1.46 bits per heavy atom. The minimum atomic E-state index is 0.747.